The van der Waals surface area contributed by atoms with Gasteiger partial charge in [0.05, 0.1) is 0 Å². The van der Waals surface area contributed by atoms with Crippen LogP contribution in [0.3, 0.4) is 0 Å². The lowest BCUT2D eigenvalue weighted by molar-refractivity contribution is -0.112. The number of anilines is 1. The van der Waals surface area contributed by atoms with Gasteiger partial charge in [-0.1, -0.05) is 32.0 Å². The van der Waals surface area contributed by atoms with Gasteiger partial charge in [0.2, 0.25) is 0 Å². The molecule has 1 fully saturated rings. The highest BCUT2D eigenvalue weighted by molar-refractivity contribution is 6.07. The number of carbonyl (C=O) groups is 1. The van der Waals surface area contributed by atoms with Crippen LogP contribution in [-0.2, 0) is 11.2 Å². The van der Waals surface area contributed by atoms with Crippen molar-refractivity contribution >= 4 is 11.6 Å². The Kier molecular flexibility index (Phi) is 5.81. The van der Waals surface area contributed by atoms with Gasteiger partial charge in [-0.3, -0.25) is 4.79 Å². The molecule has 0 unspecified atom stereocenters. The molecule has 1 heterocycles. The Morgan fingerprint density at radius 1 is 1.43 bits per heavy atom. The summed E-state index contributed by atoms with van der Waals surface area (Å²) < 4.78 is 0. The number of para-hydroxylation sites is 1. The Morgan fingerprint density at radius 2 is 2.13 bits per heavy atom. The van der Waals surface area contributed by atoms with Crippen LogP contribution in [0.5, 0.6) is 0 Å². The number of carbonyl (C=O) groups excluding carboxylic acids is 1. The minimum atomic E-state index is -0.324. The van der Waals surface area contributed by atoms with Crippen molar-refractivity contribution < 1.29 is 4.79 Å². The highest BCUT2D eigenvalue weighted by Gasteiger charge is 2.17. The number of amides is 1. The molecule has 4 heteroatoms. The van der Waals surface area contributed by atoms with Crippen molar-refractivity contribution in [2.24, 2.45) is 5.92 Å². The Bertz CT molecular complexity index is 635. The van der Waals surface area contributed by atoms with E-state index in [1.54, 1.807) is 6.20 Å². The summed E-state index contributed by atoms with van der Waals surface area (Å²) in [5.41, 5.74) is 3.10. The summed E-state index contributed by atoms with van der Waals surface area (Å²) in [4.78, 5) is 14.6. The van der Waals surface area contributed by atoms with Gasteiger partial charge in [-0.25, -0.2) is 0 Å². The van der Waals surface area contributed by atoms with Gasteiger partial charge in [0.25, 0.3) is 5.91 Å². The Hall–Kier alpha value is -2.28. The van der Waals surface area contributed by atoms with Gasteiger partial charge in [0.1, 0.15) is 11.6 Å². The quantitative estimate of drug-likeness (QED) is 0.682. The molecule has 4 nitrogen and oxygen atoms in total. The van der Waals surface area contributed by atoms with Crippen LogP contribution >= 0.6 is 0 Å². The number of rotatable bonds is 4. The van der Waals surface area contributed by atoms with Crippen LogP contribution in [0.15, 0.2) is 30.0 Å². The third kappa shape index (κ3) is 4.35. The fourth-order valence-corrected chi connectivity index (χ4v) is 2.86. The topological polar surface area (TPSA) is 56.1 Å². The maximum Gasteiger partial charge on any atom is 0.267 e. The summed E-state index contributed by atoms with van der Waals surface area (Å²) in [5.74, 6) is 0.396. The van der Waals surface area contributed by atoms with Gasteiger partial charge in [-0.2, -0.15) is 5.26 Å². The van der Waals surface area contributed by atoms with E-state index in [9.17, 15) is 10.1 Å². The van der Waals surface area contributed by atoms with Crippen LogP contribution < -0.4 is 5.32 Å². The fraction of sp³-hybridized carbons (Fsp3) is 0.474. The van der Waals surface area contributed by atoms with Crippen LogP contribution in [0.1, 0.15) is 37.8 Å². The van der Waals surface area contributed by atoms with E-state index < -0.39 is 0 Å². The molecule has 0 spiro atoms. The van der Waals surface area contributed by atoms with Crippen LogP contribution in [0, 0.1) is 24.2 Å². The lowest BCUT2D eigenvalue weighted by Gasteiger charge is -2.29. The third-order valence-electron chi connectivity index (χ3n) is 4.47. The SMILES string of the molecule is CCc1cccc(C)c1NC(=O)/C(C#N)=C\N1CCC(C)CC1. The van der Waals surface area contributed by atoms with E-state index in [1.807, 2.05) is 31.2 Å². The highest BCUT2D eigenvalue weighted by atomic mass is 16.1. The zero-order chi connectivity index (χ0) is 16.8. The predicted octanol–water partition coefficient (Wildman–Crippen LogP) is 3.64. The van der Waals surface area contributed by atoms with Gasteiger partial charge >= 0.3 is 0 Å². The second-order valence-corrected chi connectivity index (χ2v) is 6.29. The van der Waals surface area contributed by atoms with Crippen molar-refractivity contribution in [1.82, 2.24) is 4.90 Å². The van der Waals surface area contributed by atoms with E-state index in [2.05, 4.69) is 24.1 Å². The number of aryl methyl sites for hydroxylation is 2. The molecule has 1 saturated heterocycles. The van der Waals surface area contributed by atoms with Gasteiger partial charge in [-0.15, -0.1) is 0 Å². The molecule has 2 rings (SSSR count). The molecule has 0 atom stereocenters. The first-order valence-electron chi connectivity index (χ1n) is 8.31. The molecule has 0 aliphatic carbocycles. The summed E-state index contributed by atoms with van der Waals surface area (Å²) in [6.45, 7) is 8.08. The Morgan fingerprint density at radius 3 is 2.74 bits per heavy atom. The summed E-state index contributed by atoms with van der Waals surface area (Å²) in [6.07, 6.45) is 4.77. The van der Waals surface area contributed by atoms with Crippen molar-refractivity contribution in [1.29, 1.82) is 5.26 Å². The average Bonchev–Trinajstić information content (AvgIpc) is 2.56. The average molecular weight is 311 g/mol. The van der Waals surface area contributed by atoms with Crippen molar-refractivity contribution in [3.05, 3.63) is 41.1 Å². The van der Waals surface area contributed by atoms with Gasteiger partial charge in [0, 0.05) is 25.0 Å². The molecule has 0 saturated carbocycles. The summed E-state index contributed by atoms with van der Waals surface area (Å²) in [6, 6.07) is 8.00. The summed E-state index contributed by atoms with van der Waals surface area (Å²) >= 11 is 0. The number of likely N-dealkylation sites (tertiary alicyclic amines) is 1. The van der Waals surface area contributed by atoms with Crippen molar-refractivity contribution in [2.75, 3.05) is 18.4 Å². The van der Waals surface area contributed by atoms with Crippen LogP contribution in [0.4, 0.5) is 5.69 Å². The molecule has 1 aromatic rings. The van der Waals surface area contributed by atoms with E-state index in [0.29, 0.717) is 0 Å². The molecular weight excluding hydrogens is 286 g/mol. The van der Waals surface area contributed by atoms with Gasteiger partial charge in [-0.05, 0) is 43.2 Å². The minimum absolute atomic E-state index is 0.171. The normalized spacial score (nSPS) is 16.1. The number of nitrogens with zero attached hydrogens (tertiary/aromatic N) is 2. The molecule has 23 heavy (non-hydrogen) atoms. The number of benzene rings is 1. The maximum atomic E-state index is 12.5. The fourth-order valence-electron chi connectivity index (χ4n) is 2.86. The van der Waals surface area contributed by atoms with E-state index in [1.165, 1.54) is 0 Å². The molecule has 1 N–H and O–H groups in total. The molecule has 1 aromatic carbocycles. The number of hydrogen-bond acceptors (Lipinski definition) is 3. The molecule has 0 bridgehead atoms. The van der Waals surface area contributed by atoms with Gasteiger partial charge < -0.3 is 10.2 Å². The second-order valence-electron chi connectivity index (χ2n) is 6.29. The number of piperidine rings is 1. The summed E-state index contributed by atoms with van der Waals surface area (Å²) in [7, 11) is 0. The molecule has 1 aliphatic rings. The minimum Gasteiger partial charge on any atom is -0.376 e. The number of nitriles is 1. The smallest absolute Gasteiger partial charge is 0.267 e. The zero-order valence-corrected chi connectivity index (χ0v) is 14.2. The van der Waals surface area contributed by atoms with Gasteiger partial charge in [0.15, 0.2) is 0 Å². The van der Waals surface area contributed by atoms with E-state index in [-0.39, 0.29) is 11.5 Å². The monoisotopic (exact) mass is 311 g/mol. The first-order valence-corrected chi connectivity index (χ1v) is 8.31. The van der Waals surface area contributed by atoms with Crippen molar-refractivity contribution in [3.8, 4) is 6.07 Å². The number of nitrogens with one attached hydrogen (secondary N) is 1. The predicted molar refractivity (Wildman–Crippen MR) is 92.9 cm³/mol. The zero-order valence-electron chi connectivity index (χ0n) is 14.2. The maximum absolute atomic E-state index is 12.5. The highest BCUT2D eigenvalue weighted by Crippen LogP contribution is 2.22. The van der Waals surface area contributed by atoms with Crippen molar-refractivity contribution in [2.45, 2.75) is 40.0 Å². The number of hydrogen-bond donors (Lipinski definition) is 1. The molecule has 0 radical (unpaired) electrons. The van der Waals surface area contributed by atoms with Crippen LogP contribution in [-0.4, -0.2) is 23.9 Å². The van der Waals surface area contributed by atoms with E-state index in [0.717, 1.165) is 55.1 Å². The first-order chi connectivity index (χ1) is 11.0. The Labute approximate surface area is 138 Å². The molecule has 1 aliphatic heterocycles. The summed E-state index contributed by atoms with van der Waals surface area (Å²) in [5, 5.41) is 12.3. The van der Waals surface area contributed by atoms with Crippen LogP contribution in [0.2, 0.25) is 0 Å². The van der Waals surface area contributed by atoms with E-state index >= 15 is 0 Å². The first kappa shape index (κ1) is 17.1. The third-order valence-corrected chi connectivity index (χ3v) is 4.47. The molecule has 0 aromatic heterocycles. The van der Waals surface area contributed by atoms with Crippen molar-refractivity contribution in [3.63, 3.8) is 0 Å². The second kappa shape index (κ2) is 7.82. The molecule has 1 amide bonds. The van der Waals surface area contributed by atoms with E-state index in [4.69, 9.17) is 0 Å². The molecule has 122 valence electrons. The standard InChI is InChI=1S/C19H25N3O/c1-4-16-7-5-6-15(3)18(16)21-19(23)17(12-20)13-22-10-8-14(2)9-11-22/h5-7,13-14H,4,8-11H2,1-3H3,(H,21,23)/b17-13-. The lowest BCUT2D eigenvalue weighted by atomic mass is 9.99. The Balaban J connectivity index is 2.14. The van der Waals surface area contributed by atoms with Crippen LogP contribution in [0.25, 0.3) is 0 Å². The molecular formula is C19H25N3O. The largest absolute Gasteiger partial charge is 0.376 e. The lowest BCUT2D eigenvalue weighted by Crippen LogP contribution is -2.29.